The summed E-state index contributed by atoms with van der Waals surface area (Å²) in [6.07, 6.45) is 8.68. The summed E-state index contributed by atoms with van der Waals surface area (Å²) in [5.74, 6) is 1.09. The molecule has 9 heteroatoms. The molecule has 0 radical (unpaired) electrons. The van der Waals surface area contributed by atoms with Crippen LogP contribution in [0.2, 0.25) is 0 Å². The molecule has 0 aromatic carbocycles. The van der Waals surface area contributed by atoms with Gasteiger partial charge in [-0.2, -0.15) is 0 Å². The molecule has 0 atom stereocenters. The Morgan fingerprint density at radius 3 is 2.50 bits per heavy atom. The number of carbonyl (C=O) groups is 1. The van der Waals surface area contributed by atoms with E-state index in [0.717, 1.165) is 63.9 Å². The van der Waals surface area contributed by atoms with Crippen molar-refractivity contribution in [3.63, 3.8) is 0 Å². The van der Waals surface area contributed by atoms with Gasteiger partial charge in [0.05, 0.1) is 26.0 Å². The fourth-order valence-corrected chi connectivity index (χ4v) is 4.57. The Balaban J connectivity index is 0.00000363. The van der Waals surface area contributed by atoms with Gasteiger partial charge in [-0.25, -0.2) is 0 Å². The van der Waals surface area contributed by atoms with Crippen LogP contribution in [0.15, 0.2) is 21.7 Å². The van der Waals surface area contributed by atoms with E-state index in [1.54, 1.807) is 12.3 Å². The van der Waals surface area contributed by atoms with Gasteiger partial charge in [-0.15, -0.1) is 24.0 Å². The van der Waals surface area contributed by atoms with Crippen molar-refractivity contribution in [1.29, 1.82) is 0 Å². The monoisotopic (exact) mass is 561 g/mol. The van der Waals surface area contributed by atoms with Crippen molar-refractivity contribution in [1.82, 2.24) is 20.9 Å². The van der Waals surface area contributed by atoms with Crippen LogP contribution >= 0.6 is 24.0 Å². The summed E-state index contributed by atoms with van der Waals surface area (Å²) in [5, 5.41) is 9.70. The summed E-state index contributed by atoms with van der Waals surface area (Å²) in [7, 11) is 0. The van der Waals surface area contributed by atoms with E-state index in [0.29, 0.717) is 12.3 Å². The zero-order valence-corrected chi connectivity index (χ0v) is 21.9. The average Bonchev–Trinajstić information content (AvgIpc) is 3.24. The normalized spacial score (nSPS) is 19.1. The highest BCUT2D eigenvalue weighted by molar-refractivity contribution is 14.0. The maximum atomic E-state index is 12.1. The van der Waals surface area contributed by atoms with Crippen molar-refractivity contribution in [3.8, 4) is 0 Å². The number of aryl methyl sites for hydroxylation is 1. The van der Waals surface area contributed by atoms with Gasteiger partial charge in [-0.1, -0.05) is 19.3 Å². The first kappa shape index (κ1) is 26.9. The van der Waals surface area contributed by atoms with Crippen LogP contribution in [0.3, 0.4) is 0 Å². The highest BCUT2D eigenvalue weighted by Crippen LogP contribution is 2.34. The summed E-state index contributed by atoms with van der Waals surface area (Å²) in [5.41, 5.74) is 1.02. The highest BCUT2D eigenvalue weighted by atomic mass is 127. The topological polar surface area (TPSA) is 91.1 Å². The molecule has 1 saturated carbocycles. The number of hydrogen-bond donors (Lipinski definition) is 3. The molecule has 3 N–H and O–H groups in total. The maximum absolute atomic E-state index is 12.1. The number of hydrogen-bond acceptors (Lipinski definition) is 5. The Labute approximate surface area is 209 Å². The Kier molecular flexibility index (Phi) is 11.8. The van der Waals surface area contributed by atoms with Crippen LogP contribution in [0.1, 0.15) is 61.6 Å². The van der Waals surface area contributed by atoms with Gasteiger partial charge in [0.1, 0.15) is 0 Å². The zero-order valence-electron chi connectivity index (χ0n) is 19.6. The molecule has 8 nitrogen and oxygen atoms in total. The van der Waals surface area contributed by atoms with Crippen molar-refractivity contribution in [2.75, 3.05) is 52.5 Å². The van der Waals surface area contributed by atoms with Gasteiger partial charge in [-0.05, 0) is 39.2 Å². The minimum atomic E-state index is -0.159. The number of nitrogens with zero attached hydrogens (tertiary/aromatic N) is 2. The summed E-state index contributed by atoms with van der Waals surface area (Å²) < 4.78 is 10.8. The van der Waals surface area contributed by atoms with Gasteiger partial charge in [0, 0.05) is 43.8 Å². The van der Waals surface area contributed by atoms with Crippen molar-refractivity contribution in [2.45, 2.75) is 57.9 Å². The predicted molar refractivity (Wildman–Crippen MR) is 138 cm³/mol. The first-order chi connectivity index (χ1) is 15.1. The number of carbonyl (C=O) groups excluding carboxylic acids is 1. The molecular weight excluding hydrogens is 521 g/mol. The Morgan fingerprint density at radius 2 is 1.84 bits per heavy atom. The van der Waals surface area contributed by atoms with Crippen molar-refractivity contribution < 1.29 is 13.9 Å². The van der Waals surface area contributed by atoms with Gasteiger partial charge >= 0.3 is 0 Å². The molecule has 0 bridgehead atoms. The lowest BCUT2D eigenvalue weighted by Gasteiger charge is -2.47. The first-order valence-electron chi connectivity index (χ1n) is 11.8. The first-order valence-corrected chi connectivity index (χ1v) is 11.8. The fourth-order valence-electron chi connectivity index (χ4n) is 4.57. The molecule has 1 amide bonds. The predicted octanol–water partition coefficient (Wildman–Crippen LogP) is 2.92. The third-order valence-electron chi connectivity index (χ3n) is 6.34. The summed E-state index contributed by atoms with van der Waals surface area (Å²) in [4.78, 5) is 19.7. The minimum Gasteiger partial charge on any atom is -0.459 e. The van der Waals surface area contributed by atoms with Gasteiger partial charge in [0.15, 0.2) is 11.7 Å². The number of guanidine groups is 1. The van der Waals surface area contributed by atoms with E-state index in [2.05, 4.69) is 27.8 Å². The van der Waals surface area contributed by atoms with Crippen LogP contribution in [0.4, 0.5) is 0 Å². The molecule has 1 aliphatic carbocycles. The van der Waals surface area contributed by atoms with Crippen molar-refractivity contribution in [2.24, 2.45) is 4.99 Å². The molecule has 1 aromatic heterocycles. The third-order valence-corrected chi connectivity index (χ3v) is 6.34. The SMILES string of the molecule is CCNC(=NCC1(N2CCOCC2)CCCCC1)NCCCNC(=O)c1occc1C.I. The second-order valence-corrected chi connectivity index (χ2v) is 8.55. The minimum absolute atomic E-state index is 0. The lowest BCUT2D eigenvalue weighted by Crippen LogP contribution is -2.56. The van der Waals surface area contributed by atoms with E-state index in [4.69, 9.17) is 14.1 Å². The third kappa shape index (κ3) is 7.62. The standard InChI is InChI=1S/C23H39N5O3.HI/c1-3-24-22(26-12-7-11-25-21(29)20-19(2)8-15-31-20)27-18-23(9-5-4-6-10-23)28-13-16-30-17-14-28;/h8,15H,3-7,9-14,16-18H2,1-2H3,(H,25,29)(H2,24,26,27);1H. The van der Waals surface area contributed by atoms with Crippen LogP contribution in [0.25, 0.3) is 0 Å². The fraction of sp³-hybridized carbons (Fsp3) is 0.739. The quantitative estimate of drug-likeness (QED) is 0.186. The molecule has 0 spiro atoms. The van der Waals surface area contributed by atoms with Crippen molar-refractivity contribution in [3.05, 3.63) is 23.7 Å². The summed E-state index contributed by atoms with van der Waals surface area (Å²) in [6.45, 7) is 10.6. The van der Waals surface area contributed by atoms with Gasteiger partial charge < -0.3 is 25.1 Å². The maximum Gasteiger partial charge on any atom is 0.287 e. The van der Waals surface area contributed by atoms with Crippen LogP contribution in [0, 0.1) is 6.92 Å². The van der Waals surface area contributed by atoms with Crippen LogP contribution in [-0.2, 0) is 4.74 Å². The summed E-state index contributed by atoms with van der Waals surface area (Å²) in [6, 6.07) is 1.80. The zero-order chi connectivity index (χ0) is 21.9. The number of ether oxygens (including phenoxy) is 1. The number of furan rings is 1. The number of amides is 1. The molecule has 182 valence electrons. The Morgan fingerprint density at radius 1 is 1.12 bits per heavy atom. The molecule has 2 heterocycles. The molecule has 2 aliphatic rings. The molecule has 2 fully saturated rings. The lowest BCUT2D eigenvalue weighted by molar-refractivity contribution is -0.0333. The van der Waals surface area contributed by atoms with E-state index in [1.165, 1.54) is 32.1 Å². The number of rotatable bonds is 9. The smallest absolute Gasteiger partial charge is 0.287 e. The van der Waals surface area contributed by atoms with Gasteiger partial charge in [0.25, 0.3) is 5.91 Å². The molecular formula is C23H40IN5O3. The Hall–Kier alpha value is -1.33. The number of aliphatic imine (C=N–C) groups is 1. The van der Waals surface area contributed by atoms with E-state index in [1.807, 2.05) is 6.92 Å². The molecule has 1 aromatic rings. The van der Waals surface area contributed by atoms with Gasteiger partial charge in [-0.3, -0.25) is 14.7 Å². The second-order valence-electron chi connectivity index (χ2n) is 8.55. The summed E-state index contributed by atoms with van der Waals surface area (Å²) >= 11 is 0. The number of nitrogens with one attached hydrogen (secondary N) is 3. The van der Waals surface area contributed by atoms with Crippen molar-refractivity contribution >= 4 is 35.8 Å². The largest absolute Gasteiger partial charge is 0.459 e. The van der Waals surface area contributed by atoms with E-state index < -0.39 is 0 Å². The molecule has 32 heavy (non-hydrogen) atoms. The number of morpholine rings is 1. The molecule has 1 saturated heterocycles. The molecule has 0 unspecified atom stereocenters. The van der Waals surface area contributed by atoms with E-state index >= 15 is 0 Å². The van der Waals surface area contributed by atoms with E-state index in [-0.39, 0.29) is 35.4 Å². The van der Waals surface area contributed by atoms with Crippen LogP contribution < -0.4 is 16.0 Å². The van der Waals surface area contributed by atoms with E-state index in [9.17, 15) is 4.79 Å². The van der Waals surface area contributed by atoms with Crippen LogP contribution in [-0.4, -0.2) is 74.8 Å². The van der Waals surface area contributed by atoms with Crippen LogP contribution in [0.5, 0.6) is 0 Å². The number of halogens is 1. The Bertz CT molecular complexity index is 712. The highest BCUT2D eigenvalue weighted by Gasteiger charge is 2.38. The lowest BCUT2D eigenvalue weighted by atomic mass is 9.80. The average molecular weight is 562 g/mol. The van der Waals surface area contributed by atoms with Gasteiger partial charge in [0.2, 0.25) is 0 Å². The molecule has 3 rings (SSSR count). The second kappa shape index (κ2) is 14.0. The molecule has 1 aliphatic heterocycles.